The zero-order valence-electron chi connectivity index (χ0n) is 27.7. The average Bonchev–Trinajstić information content (AvgIpc) is 3.12. The highest BCUT2D eigenvalue weighted by Crippen LogP contribution is 2.31. The molecule has 0 saturated carbocycles. The predicted molar refractivity (Wildman–Crippen MR) is 202 cm³/mol. The fourth-order valence-corrected chi connectivity index (χ4v) is 7.29. The lowest BCUT2D eigenvalue weighted by atomic mass is 9.88. The van der Waals surface area contributed by atoms with E-state index in [4.69, 9.17) is 52.1 Å². The summed E-state index contributed by atoms with van der Waals surface area (Å²) in [6, 6.07) is 32.6. The number of benzene rings is 4. The third-order valence-electron chi connectivity index (χ3n) is 8.96. The van der Waals surface area contributed by atoms with Crippen molar-refractivity contribution in [2.45, 2.75) is 48.6 Å². The molecular formula is C39H38Cl4N4O4. The second kappa shape index (κ2) is 17.9. The van der Waals surface area contributed by atoms with Crippen LogP contribution in [0.2, 0.25) is 10.0 Å². The molecule has 1 aliphatic rings. The lowest BCUT2D eigenvalue weighted by Crippen LogP contribution is -2.63. The van der Waals surface area contributed by atoms with Gasteiger partial charge in [-0.25, -0.2) is 0 Å². The van der Waals surface area contributed by atoms with Crippen LogP contribution in [0.5, 0.6) is 0 Å². The molecule has 1 fully saturated rings. The molecule has 2 N–H and O–H groups in total. The minimum absolute atomic E-state index is 0.0895. The lowest BCUT2D eigenvalue weighted by molar-refractivity contribution is -0.159. The average molecular weight is 769 g/mol. The van der Waals surface area contributed by atoms with Crippen LogP contribution in [0, 0.1) is 0 Å². The minimum atomic E-state index is -1.20. The van der Waals surface area contributed by atoms with Crippen molar-refractivity contribution in [3.63, 3.8) is 0 Å². The Kier molecular flexibility index (Phi) is 13.4. The smallest absolute Gasteiger partial charge is 0.247 e. The molecule has 0 radical (unpaired) electrons. The Morgan fingerprint density at radius 2 is 1.27 bits per heavy atom. The molecule has 4 aromatic rings. The van der Waals surface area contributed by atoms with E-state index in [0.717, 1.165) is 27.2 Å². The van der Waals surface area contributed by atoms with E-state index in [1.807, 2.05) is 60.7 Å². The zero-order valence-corrected chi connectivity index (χ0v) is 30.7. The highest BCUT2D eigenvalue weighted by Gasteiger charge is 2.43. The van der Waals surface area contributed by atoms with Gasteiger partial charge in [0.2, 0.25) is 23.6 Å². The lowest BCUT2D eigenvalue weighted by Gasteiger charge is -2.43. The van der Waals surface area contributed by atoms with Gasteiger partial charge in [0.15, 0.2) is 0 Å². The van der Waals surface area contributed by atoms with Crippen LogP contribution in [0.1, 0.15) is 41.0 Å². The van der Waals surface area contributed by atoms with E-state index in [1.165, 1.54) is 9.80 Å². The van der Waals surface area contributed by atoms with Crippen molar-refractivity contribution in [3.8, 4) is 0 Å². The Morgan fingerprint density at radius 3 is 1.78 bits per heavy atom. The minimum Gasteiger partial charge on any atom is -0.368 e. The summed E-state index contributed by atoms with van der Waals surface area (Å²) in [4.78, 5) is 58.5. The van der Waals surface area contributed by atoms with Gasteiger partial charge < -0.3 is 20.4 Å². The number of nitrogens with zero attached hydrogens (tertiary/aromatic N) is 3. The topological polar surface area (TPSA) is 104 Å². The van der Waals surface area contributed by atoms with Gasteiger partial charge in [-0.3, -0.25) is 19.2 Å². The Labute approximate surface area is 318 Å². The molecule has 0 bridgehead atoms. The molecule has 0 aliphatic carbocycles. The number of hydrogen-bond donors (Lipinski definition) is 1. The molecular weight excluding hydrogens is 730 g/mol. The predicted octanol–water partition coefficient (Wildman–Crippen LogP) is 6.87. The summed E-state index contributed by atoms with van der Waals surface area (Å²) in [6.07, 6.45) is 0.490. The number of rotatable bonds is 15. The van der Waals surface area contributed by atoms with Gasteiger partial charge in [-0.2, -0.15) is 0 Å². The SMILES string of the molecule is NC(=O)CN(C(=O)CC1C(=O)N(C(Cl)Cc2ccc(Cl)cc2)CC(=O)N1CCC(c1ccccc1)c1ccccc1)C(Cl)Cc1ccc(Cl)cc1. The molecule has 3 unspecified atom stereocenters. The number of carbonyl (C=O) groups is 4. The number of primary amides is 1. The second-order valence-corrected chi connectivity index (χ2v) is 14.3. The Morgan fingerprint density at radius 1 is 0.765 bits per heavy atom. The summed E-state index contributed by atoms with van der Waals surface area (Å²) in [5.74, 6) is -2.29. The van der Waals surface area contributed by atoms with Gasteiger partial charge in [0.1, 0.15) is 30.1 Å². The summed E-state index contributed by atoms with van der Waals surface area (Å²) >= 11 is 25.7. The van der Waals surface area contributed by atoms with Crippen LogP contribution in [0.15, 0.2) is 109 Å². The molecule has 266 valence electrons. The van der Waals surface area contributed by atoms with Gasteiger partial charge in [-0.05, 0) is 52.9 Å². The third kappa shape index (κ3) is 10.3. The first-order valence-electron chi connectivity index (χ1n) is 16.5. The fourth-order valence-electron chi connectivity index (χ4n) is 6.34. The first-order chi connectivity index (χ1) is 24.5. The van der Waals surface area contributed by atoms with Crippen LogP contribution >= 0.6 is 46.4 Å². The molecule has 0 spiro atoms. The maximum absolute atomic E-state index is 14.3. The fraction of sp³-hybridized carbons (Fsp3) is 0.282. The molecule has 1 aliphatic heterocycles. The number of piperazine rings is 1. The van der Waals surface area contributed by atoms with Gasteiger partial charge in [0, 0.05) is 35.3 Å². The number of halogens is 4. The molecule has 1 saturated heterocycles. The van der Waals surface area contributed by atoms with Crippen molar-refractivity contribution in [2.24, 2.45) is 5.73 Å². The normalized spacial score (nSPS) is 15.9. The second-order valence-electron chi connectivity index (χ2n) is 12.5. The summed E-state index contributed by atoms with van der Waals surface area (Å²) in [7, 11) is 0. The molecule has 0 aromatic heterocycles. The van der Waals surface area contributed by atoms with E-state index in [0.29, 0.717) is 16.5 Å². The van der Waals surface area contributed by atoms with Crippen LogP contribution in [0.25, 0.3) is 0 Å². The third-order valence-corrected chi connectivity index (χ3v) is 10.2. The largest absolute Gasteiger partial charge is 0.368 e. The molecule has 3 atom stereocenters. The number of carbonyl (C=O) groups excluding carboxylic acids is 4. The van der Waals surface area contributed by atoms with E-state index < -0.39 is 47.7 Å². The standard InChI is InChI=1S/C39H38Cl4N4O4/c40-30-15-11-26(12-16-30)21-34(42)46(24-36(44)48)37(49)23-33-39(51)47(35(43)22-27-13-17-31(41)18-14-27)25-38(50)45(33)20-19-32(28-7-3-1-4-8-28)29-9-5-2-6-10-29/h1-18,32-35H,19-25H2,(H2,44,48). The summed E-state index contributed by atoms with van der Waals surface area (Å²) in [5.41, 5.74) is 7.40. The van der Waals surface area contributed by atoms with Crippen molar-refractivity contribution >= 4 is 70.0 Å². The monoisotopic (exact) mass is 766 g/mol. The van der Waals surface area contributed by atoms with Crippen molar-refractivity contribution in [3.05, 3.63) is 141 Å². The maximum atomic E-state index is 14.3. The van der Waals surface area contributed by atoms with Gasteiger partial charge in [-0.15, -0.1) is 0 Å². The van der Waals surface area contributed by atoms with E-state index in [2.05, 4.69) is 0 Å². The van der Waals surface area contributed by atoms with E-state index in [-0.39, 0.29) is 37.8 Å². The van der Waals surface area contributed by atoms with Crippen molar-refractivity contribution < 1.29 is 19.2 Å². The van der Waals surface area contributed by atoms with Crippen molar-refractivity contribution in [2.75, 3.05) is 19.6 Å². The molecule has 8 nitrogen and oxygen atoms in total. The highest BCUT2D eigenvalue weighted by atomic mass is 35.5. The zero-order chi connectivity index (χ0) is 36.5. The van der Waals surface area contributed by atoms with E-state index in [9.17, 15) is 19.2 Å². The molecule has 1 heterocycles. The van der Waals surface area contributed by atoms with Crippen LogP contribution in [0.4, 0.5) is 0 Å². The molecule has 12 heteroatoms. The maximum Gasteiger partial charge on any atom is 0.247 e. The molecule has 4 amide bonds. The Balaban J connectivity index is 1.42. The quantitative estimate of drug-likeness (QED) is 0.105. The van der Waals surface area contributed by atoms with Gasteiger partial charge >= 0.3 is 0 Å². The number of alkyl halides is 2. The van der Waals surface area contributed by atoms with Crippen molar-refractivity contribution in [1.82, 2.24) is 14.7 Å². The molecule has 4 aromatic carbocycles. The molecule has 5 rings (SSSR count). The van der Waals surface area contributed by atoms with Crippen LogP contribution in [-0.4, -0.2) is 75.0 Å². The van der Waals surface area contributed by atoms with Crippen LogP contribution < -0.4 is 5.73 Å². The summed E-state index contributed by atoms with van der Waals surface area (Å²) < 4.78 is 0. The molecule has 51 heavy (non-hydrogen) atoms. The highest BCUT2D eigenvalue weighted by molar-refractivity contribution is 6.30. The van der Waals surface area contributed by atoms with Gasteiger partial charge in [0.05, 0.1) is 6.42 Å². The Bertz CT molecular complexity index is 1760. The summed E-state index contributed by atoms with van der Waals surface area (Å²) in [6.45, 7) is -0.551. The van der Waals surface area contributed by atoms with Gasteiger partial charge in [0.25, 0.3) is 0 Å². The number of hydrogen-bond acceptors (Lipinski definition) is 4. The van der Waals surface area contributed by atoms with Crippen LogP contribution in [0.3, 0.4) is 0 Å². The number of nitrogens with two attached hydrogens (primary N) is 1. The number of amides is 4. The van der Waals surface area contributed by atoms with E-state index >= 15 is 0 Å². The van der Waals surface area contributed by atoms with E-state index in [1.54, 1.807) is 48.5 Å². The first-order valence-corrected chi connectivity index (χ1v) is 18.2. The van der Waals surface area contributed by atoms with Crippen molar-refractivity contribution in [1.29, 1.82) is 0 Å². The van der Waals surface area contributed by atoms with Crippen LogP contribution in [-0.2, 0) is 32.0 Å². The summed E-state index contributed by atoms with van der Waals surface area (Å²) in [5, 5.41) is 1.09. The first kappa shape index (κ1) is 38.2. The van der Waals surface area contributed by atoms with Gasteiger partial charge in [-0.1, -0.05) is 131 Å². The Hall–Kier alpha value is -4.08.